The summed E-state index contributed by atoms with van der Waals surface area (Å²) in [5.41, 5.74) is 0.483. The Morgan fingerprint density at radius 1 is 1.05 bits per heavy atom. The molecule has 2 amide bonds. The molecule has 0 bridgehead atoms. The second-order valence-electron chi connectivity index (χ2n) is 5.30. The van der Waals surface area contributed by atoms with Gasteiger partial charge in [0.15, 0.2) is 0 Å². The quantitative estimate of drug-likeness (QED) is 0.682. The molecule has 3 heterocycles. The summed E-state index contributed by atoms with van der Waals surface area (Å²) in [6.07, 6.45) is 3.97. The van der Waals surface area contributed by atoms with Gasteiger partial charge in [0.05, 0.1) is 18.8 Å². The summed E-state index contributed by atoms with van der Waals surface area (Å²) in [6, 6.07) is 0. The summed E-state index contributed by atoms with van der Waals surface area (Å²) in [7, 11) is 0. The Morgan fingerprint density at radius 3 is 2.27 bits per heavy atom. The topological polar surface area (TPSA) is 78.9 Å². The monoisotopic (exact) mass is 305 g/mol. The van der Waals surface area contributed by atoms with E-state index in [0.29, 0.717) is 50.9 Å². The first-order chi connectivity index (χ1) is 10.8. The molecule has 0 atom stereocenters. The largest absolute Gasteiger partial charge is 0.378 e. The molecule has 8 nitrogen and oxygen atoms in total. The third-order valence-electron chi connectivity index (χ3n) is 3.93. The van der Waals surface area contributed by atoms with Gasteiger partial charge in [-0.05, 0) is 0 Å². The summed E-state index contributed by atoms with van der Waals surface area (Å²) in [4.78, 5) is 37.1. The maximum absolute atomic E-state index is 12.4. The number of morpholine rings is 1. The minimum absolute atomic E-state index is 0.0842. The first-order valence-electron chi connectivity index (χ1n) is 7.41. The van der Waals surface area contributed by atoms with Crippen LogP contribution in [0, 0.1) is 0 Å². The first-order valence-corrected chi connectivity index (χ1v) is 7.41. The first kappa shape index (κ1) is 14.7. The maximum atomic E-state index is 12.4. The van der Waals surface area contributed by atoms with Crippen molar-refractivity contribution in [1.82, 2.24) is 19.8 Å². The van der Waals surface area contributed by atoms with Gasteiger partial charge in [-0.3, -0.25) is 9.59 Å². The molecule has 0 N–H and O–H groups in total. The van der Waals surface area contributed by atoms with E-state index in [1.165, 1.54) is 0 Å². The highest BCUT2D eigenvalue weighted by Gasteiger charge is 2.22. The summed E-state index contributed by atoms with van der Waals surface area (Å²) < 4.78 is 5.29. The molecule has 2 fully saturated rings. The molecule has 22 heavy (non-hydrogen) atoms. The van der Waals surface area contributed by atoms with E-state index in [1.807, 2.05) is 4.90 Å². The van der Waals surface area contributed by atoms with Crippen molar-refractivity contribution in [2.45, 2.75) is 0 Å². The van der Waals surface area contributed by atoms with Gasteiger partial charge < -0.3 is 19.4 Å². The van der Waals surface area contributed by atoms with Crippen molar-refractivity contribution in [2.24, 2.45) is 0 Å². The van der Waals surface area contributed by atoms with Crippen LogP contribution < -0.4 is 4.90 Å². The van der Waals surface area contributed by atoms with Crippen LogP contribution in [-0.4, -0.2) is 84.6 Å². The van der Waals surface area contributed by atoms with Crippen LogP contribution in [0.3, 0.4) is 0 Å². The fourth-order valence-electron chi connectivity index (χ4n) is 2.57. The summed E-state index contributed by atoms with van der Waals surface area (Å²) >= 11 is 0. The van der Waals surface area contributed by atoms with Crippen LogP contribution in [0.15, 0.2) is 12.4 Å². The zero-order valence-corrected chi connectivity index (χ0v) is 12.3. The molecule has 2 aliphatic rings. The molecule has 2 saturated heterocycles. The second kappa shape index (κ2) is 6.69. The van der Waals surface area contributed by atoms with Crippen LogP contribution >= 0.6 is 0 Å². The lowest BCUT2D eigenvalue weighted by molar-refractivity contribution is -0.119. The summed E-state index contributed by atoms with van der Waals surface area (Å²) in [5, 5.41) is 0. The van der Waals surface area contributed by atoms with Crippen LogP contribution in [0.2, 0.25) is 0 Å². The lowest BCUT2D eigenvalue weighted by Crippen LogP contribution is -2.48. The average molecular weight is 305 g/mol. The average Bonchev–Trinajstić information content (AvgIpc) is 2.62. The number of hydrogen-bond donors (Lipinski definition) is 0. The number of anilines is 1. The van der Waals surface area contributed by atoms with E-state index in [1.54, 1.807) is 22.2 Å². The number of aromatic nitrogens is 2. The Morgan fingerprint density at radius 2 is 1.68 bits per heavy atom. The van der Waals surface area contributed by atoms with Crippen LogP contribution in [0.4, 0.5) is 5.95 Å². The highest BCUT2D eigenvalue weighted by molar-refractivity contribution is 5.93. The van der Waals surface area contributed by atoms with Crippen LogP contribution in [0.25, 0.3) is 0 Å². The Bertz CT molecular complexity index is 522. The minimum atomic E-state index is -0.0842. The van der Waals surface area contributed by atoms with Gasteiger partial charge in [-0.1, -0.05) is 0 Å². The Hall–Kier alpha value is -2.22. The van der Waals surface area contributed by atoms with E-state index < -0.39 is 0 Å². The van der Waals surface area contributed by atoms with Crippen molar-refractivity contribution < 1.29 is 14.3 Å². The number of nitrogens with zero attached hydrogens (tertiary/aromatic N) is 5. The molecule has 0 unspecified atom stereocenters. The zero-order valence-electron chi connectivity index (χ0n) is 12.3. The lowest BCUT2D eigenvalue weighted by Gasteiger charge is -2.32. The standard InChI is InChI=1S/C14H19N5O3/c20-11-17-1-3-18(4-2-17)13(21)12-9-15-14(16-10-12)19-5-7-22-8-6-19/h9-11H,1-8H2. The van der Waals surface area contributed by atoms with E-state index in [2.05, 4.69) is 9.97 Å². The second-order valence-corrected chi connectivity index (χ2v) is 5.30. The van der Waals surface area contributed by atoms with Gasteiger partial charge in [0.25, 0.3) is 5.91 Å². The van der Waals surface area contributed by atoms with E-state index >= 15 is 0 Å². The van der Waals surface area contributed by atoms with Crippen molar-refractivity contribution in [1.29, 1.82) is 0 Å². The van der Waals surface area contributed by atoms with Gasteiger partial charge in [-0.15, -0.1) is 0 Å². The summed E-state index contributed by atoms with van der Waals surface area (Å²) in [5.74, 6) is 0.546. The van der Waals surface area contributed by atoms with E-state index in [4.69, 9.17) is 4.74 Å². The number of rotatable bonds is 3. The molecule has 118 valence electrons. The van der Waals surface area contributed by atoms with E-state index in [0.717, 1.165) is 19.5 Å². The van der Waals surface area contributed by atoms with Gasteiger partial charge in [0.1, 0.15) is 0 Å². The molecule has 1 aromatic heterocycles. The molecule has 1 aromatic rings. The molecule has 0 aromatic carbocycles. The van der Waals surface area contributed by atoms with Gasteiger partial charge >= 0.3 is 0 Å². The van der Waals surface area contributed by atoms with Crippen LogP contribution in [0.1, 0.15) is 10.4 Å². The highest BCUT2D eigenvalue weighted by Crippen LogP contribution is 2.11. The third kappa shape index (κ3) is 3.16. The normalized spacial score (nSPS) is 19.2. The molecule has 3 rings (SSSR count). The van der Waals surface area contributed by atoms with Gasteiger partial charge in [-0.2, -0.15) is 0 Å². The van der Waals surface area contributed by atoms with Crippen LogP contribution in [0.5, 0.6) is 0 Å². The number of ether oxygens (including phenoxy) is 1. The smallest absolute Gasteiger partial charge is 0.257 e. The SMILES string of the molecule is O=CN1CCN(C(=O)c2cnc(N3CCOCC3)nc2)CC1. The fraction of sp³-hybridized carbons (Fsp3) is 0.571. The molecule has 0 radical (unpaired) electrons. The van der Waals surface area contributed by atoms with Crippen molar-refractivity contribution in [3.8, 4) is 0 Å². The van der Waals surface area contributed by atoms with Crippen molar-refractivity contribution in [3.05, 3.63) is 18.0 Å². The van der Waals surface area contributed by atoms with E-state index in [9.17, 15) is 9.59 Å². The van der Waals surface area contributed by atoms with Gasteiger partial charge in [0, 0.05) is 51.7 Å². The molecule has 0 aliphatic carbocycles. The predicted octanol–water partition coefficient (Wildman–Crippen LogP) is -0.773. The molecule has 0 spiro atoms. The lowest BCUT2D eigenvalue weighted by atomic mass is 10.2. The number of carbonyl (C=O) groups is 2. The Kier molecular flexibility index (Phi) is 4.47. The molecule has 8 heteroatoms. The third-order valence-corrected chi connectivity index (χ3v) is 3.93. The fourth-order valence-corrected chi connectivity index (χ4v) is 2.57. The number of amides is 2. The number of hydrogen-bond acceptors (Lipinski definition) is 6. The molecule has 0 saturated carbocycles. The van der Waals surface area contributed by atoms with E-state index in [-0.39, 0.29) is 5.91 Å². The minimum Gasteiger partial charge on any atom is -0.378 e. The number of piperazine rings is 1. The van der Waals surface area contributed by atoms with Gasteiger partial charge in [0.2, 0.25) is 12.4 Å². The number of carbonyl (C=O) groups excluding carboxylic acids is 2. The molecule has 2 aliphatic heterocycles. The van der Waals surface area contributed by atoms with Crippen molar-refractivity contribution in [2.75, 3.05) is 57.4 Å². The Labute approximate surface area is 128 Å². The molecular formula is C14H19N5O3. The molecular weight excluding hydrogens is 286 g/mol. The Balaban J connectivity index is 1.62. The van der Waals surface area contributed by atoms with Crippen molar-refractivity contribution >= 4 is 18.3 Å². The zero-order chi connectivity index (χ0) is 15.4. The van der Waals surface area contributed by atoms with Crippen molar-refractivity contribution in [3.63, 3.8) is 0 Å². The summed E-state index contributed by atoms with van der Waals surface area (Å²) in [6.45, 7) is 5.10. The predicted molar refractivity (Wildman–Crippen MR) is 78.6 cm³/mol. The highest BCUT2D eigenvalue weighted by atomic mass is 16.5. The van der Waals surface area contributed by atoms with Gasteiger partial charge in [-0.25, -0.2) is 9.97 Å². The maximum Gasteiger partial charge on any atom is 0.257 e. The van der Waals surface area contributed by atoms with Crippen LogP contribution in [-0.2, 0) is 9.53 Å².